The number of hydrogen-bond acceptors (Lipinski definition) is 5. The van der Waals surface area contributed by atoms with Gasteiger partial charge in [-0.1, -0.05) is 0 Å². The lowest BCUT2D eigenvalue weighted by Gasteiger charge is -2.31. The second-order valence-corrected chi connectivity index (χ2v) is 6.21. The maximum atomic E-state index is 10.7. The first-order valence-corrected chi connectivity index (χ1v) is 7.25. The number of likely N-dealkylation sites (tertiary alicyclic amines) is 1. The van der Waals surface area contributed by atoms with Crippen LogP contribution in [0.4, 0.5) is 0 Å². The van der Waals surface area contributed by atoms with Crippen LogP contribution in [0.25, 0.3) is 0 Å². The zero-order chi connectivity index (χ0) is 13.0. The van der Waals surface area contributed by atoms with Gasteiger partial charge in [0.1, 0.15) is 10.0 Å². The van der Waals surface area contributed by atoms with E-state index >= 15 is 0 Å². The van der Waals surface area contributed by atoms with Gasteiger partial charge in [-0.3, -0.25) is 9.69 Å². The van der Waals surface area contributed by atoms with Crippen LogP contribution in [0.1, 0.15) is 35.7 Å². The van der Waals surface area contributed by atoms with E-state index in [0.29, 0.717) is 12.3 Å². The molecule has 1 aromatic heterocycles. The maximum absolute atomic E-state index is 10.7. The normalized spacial score (nSPS) is 18.1. The van der Waals surface area contributed by atoms with Gasteiger partial charge in [0.2, 0.25) is 5.91 Å². The number of hydrogen-bond donors (Lipinski definition) is 1. The van der Waals surface area contributed by atoms with E-state index in [1.165, 1.54) is 0 Å². The van der Waals surface area contributed by atoms with Crippen molar-refractivity contribution in [2.75, 3.05) is 13.1 Å². The molecule has 0 saturated carbocycles. The van der Waals surface area contributed by atoms with Crippen LogP contribution in [0, 0.1) is 12.8 Å². The zero-order valence-electron chi connectivity index (χ0n) is 10.8. The Hall–Kier alpha value is -1.01. The third-order valence-electron chi connectivity index (χ3n) is 3.43. The molecular formula is C12H20N4OS. The fraction of sp³-hybridized carbons (Fsp3) is 0.750. The van der Waals surface area contributed by atoms with Crippen LogP contribution in [0.2, 0.25) is 0 Å². The molecule has 1 aliphatic rings. The molecule has 2 heterocycles. The van der Waals surface area contributed by atoms with Gasteiger partial charge >= 0.3 is 0 Å². The summed E-state index contributed by atoms with van der Waals surface area (Å²) < 4.78 is 0. The summed E-state index contributed by atoms with van der Waals surface area (Å²) in [4.78, 5) is 13.2. The highest BCUT2D eigenvalue weighted by atomic mass is 32.1. The first kappa shape index (κ1) is 13.4. The van der Waals surface area contributed by atoms with E-state index in [2.05, 4.69) is 15.1 Å². The monoisotopic (exact) mass is 268 g/mol. The number of aryl methyl sites for hydroxylation is 1. The lowest BCUT2D eigenvalue weighted by atomic mass is 9.92. The third-order valence-corrected chi connectivity index (χ3v) is 4.26. The Bertz CT molecular complexity index is 399. The van der Waals surface area contributed by atoms with Crippen LogP contribution in [0.3, 0.4) is 0 Å². The van der Waals surface area contributed by atoms with Gasteiger partial charge in [-0.15, -0.1) is 21.5 Å². The summed E-state index contributed by atoms with van der Waals surface area (Å²) in [6, 6.07) is 0. The van der Waals surface area contributed by atoms with Crippen molar-refractivity contribution in [3.63, 3.8) is 0 Å². The minimum absolute atomic E-state index is 0.179. The average Bonchev–Trinajstić information content (AvgIpc) is 2.74. The minimum Gasteiger partial charge on any atom is -0.370 e. The first-order valence-electron chi connectivity index (χ1n) is 6.43. The Morgan fingerprint density at radius 2 is 2.17 bits per heavy atom. The van der Waals surface area contributed by atoms with Crippen molar-refractivity contribution >= 4 is 17.2 Å². The Kier molecular flexibility index (Phi) is 4.66. The standard InChI is InChI=1S/C12H20N4OS/c1-9-14-15-12(18-9)8-16-6-4-10(5-7-16)2-3-11(13)17/h10H,2-8H2,1H3,(H2,13,17). The van der Waals surface area contributed by atoms with Crippen molar-refractivity contribution < 1.29 is 4.79 Å². The Morgan fingerprint density at radius 1 is 1.44 bits per heavy atom. The number of nitrogens with two attached hydrogens (primary N) is 1. The molecule has 0 unspecified atom stereocenters. The number of aromatic nitrogens is 2. The maximum Gasteiger partial charge on any atom is 0.217 e. The SMILES string of the molecule is Cc1nnc(CN2CCC(CCC(N)=O)CC2)s1. The highest BCUT2D eigenvalue weighted by molar-refractivity contribution is 7.11. The second kappa shape index (κ2) is 6.24. The number of piperidine rings is 1. The van der Waals surface area contributed by atoms with Gasteiger partial charge in [-0.25, -0.2) is 0 Å². The van der Waals surface area contributed by atoms with E-state index in [1.54, 1.807) is 11.3 Å². The van der Waals surface area contributed by atoms with Crippen molar-refractivity contribution in [3.8, 4) is 0 Å². The van der Waals surface area contributed by atoms with E-state index in [1.807, 2.05) is 6.92 Å². The van der Waals surface area contributed by atoms with Crippen LogP contribution in [0.15, 0.2) is 0 Å². The highest BCUT2D eigenvalue weighted by Crippen LogP contribution is 2.23. The number of carbonyl (C=O) groups excluding carboxylic acids is 1. The largest absolute Gasteiger partial charge is 0.370 e. The van der Waals surface area contributed by atoms with Crippen LogP contribution in [-0.4, -0.2) is 34.1 Å². The van der Waals surface area contributed by atoms with Crippen LogP contribution < -0.4 is 5.73 Å². The second-order valence-electron chi connectivity index (χ2n) is 4.94. The van der Waals surface area contributed by atoms with Crippen molar-refractivity contribution in [2.24, 2.45) is 11.7 Å². The lowest BCUT2D eigenvalue weighted by molar-refractivity contribution is -0.118. The quantitative estimate of drug-likeness (QED) is 0.874. The Morgan fingerprint density at radius 3 is 2.72 bits per heavy atom. The van der Waals surface area contributed by atoms with Gasteiger partial charge in [0.25, 0.3) is 0 Å². The molecule has 0 atom stereocenters. The topological polar surface area (TPSA) is 72.1 Å². The molecule has 1 aromatic rings. The molecule has 0 bridgehead atoms. The first-order chi connectivity index (χ1) is 8.63. The van der Waals surface area contributed by atoms with Gasteiger partial charge in [0, 0.05) is 6.42 Å². The molecular weight excluding hydrogens is 248 g/mol. The molecule has 18 heavy (non-hydrogen) atoms. The summed E-state index contributed by atoms with van der Waals surface area (Å²) in [5.41, 5.74) is 5.18. The summed E-state index contributed by atoms with van der Waals surface area (Å²) >= 11 is 1.67. The number of amides is 1. The molecule has 5 nitrogen and oxygen atoms in total. The number of rotatable bonds is 5. The summed E-state index contributed by atoms with van der Waals surface area (Å²) in [5, 5.41) is 10.3. The van der Waals surface area contributed by atoms with E-state index in [9.17, 15) is 4.79 Å². The molecule has 1 saturated heterocycles. The molecule has 1 amide bonds. The molecule has 6 heteroatoms. The summed E-state index contributed by atoms with van der Waals surface area (Å²) in [5.74, 6) is 0.478. The molecule has 2 rings (SSSR count). The van der Waals surface area contributed by atoms with Crippen molar-refractivity contribution in [1.29, 1.82) is 0 Å². The van der Waals surface area contributed by atoms with Crippen LogP contribution >= 0.6 is 11.3 Å². The van der Waals surface area contributed by atoms with Crippen LogP contribution in [0.5, 0.6) is 0 Å². The van der Waals surface area contributed by atoms with Crippen molar-refractivity contribution in [2.45, 2.75) is 39.2 Å². The van der Waals surface area contributed by atoms with E-state index in [4.69, 9.17) is 5.73 Å². The Balaban J connectivity index is 1.71. The lowest BCUT2D eigenvalue weighted by Crippen LogP contribution is -2.33. The van der Waals surface area contributed by atoms with Crippen molar-refractivity contribution in [3.05, 3.63) is 10.0 Å². The van der Waals surface area contributed by atoms with E-state index < -0.39 is 0 Å². The van der Waals surface area contributed by atoms with E-state index in [0.717, 1.165) is 48.9 Å². The minimum atomic E-state index is -0.179. The predicted molar refractivity (Wildman–Crippen MR) is 71.1 cm³/mol. The molecule has 0 spiro atoms. The van der Waals surface area contributed by atoms with Crippen LogP contribution in [-0.2, 0) is 11.3 Å². The van der Waals surface area contributed by atoms with E-state index in [-0.39, 0.29) is 5.91 Å². The highest BCUT2D eigenvalue weighted by Gasteiger charge is 2.20. The Labute approximate surface area is 111 Å². The third kappa shape index (κ3) is 4.03. The summed E-state index contributed by atoms with van der Waals surface area (Å²) in [7, 11) is 0. The number of primary amides is 1. The summed E-state index contributed by atoms with van der Waals surface area (Å²) in [6.45, 7) is 5.06. The predicted octanol–water partition coefficient (Wildman–Crippen LogP) is 1.32. The molecule has 0 aromatic carbocycles. The fourth-order valence-electron chi connectivity index (χ4n) is 2.37. The molecule has 1 fully saturated rings. The van der Waals surface area contributed by atoms with Gasteiger partial charge < -0.3 is 5.73 Å². The molecule has 0 aliphatic carbocycles. The smallest absolute Gasteiger partial charge is 0.217 e. The molecule has 2 N–H and O–H groups in total. The molecule has 0 radical (unpaired) electrons. The van der Waals surface area contributed by atoms with Gasteiger partial charge in [-0.2, -0.15) is 0 Å². The van der Waals surface area contributed by atoms with Gasteiger partial charge in [0.05, 0.1) is 6.54 Å². The number of carbonyl (C=O) groups is 1. The molecule has 1 aliphatic heterocycles. The van der Waals surface area contributed by atoms with Gasteiger partial charge in [0.15, 0.2) is 0 Å². The van der Waals surface area contributed by atoms with Crippen molar-refractivity contribution in [1.82, 2.24) is 15.1 Å². The average molecular weight is 268 g/mol. The number of nitrogens with zero attached hydrogens (tertiary/aromatic N) is 3. The fourth-order valence-corrected chi connectivity index (χ4v) is 3.12. The summed E-state index contributed by atoms with van der Waals surface area (Å²) in [6.07, 6.45) is 3.79. The zero-order valence-corrected chi connectivity index (χ0v) is 11.6. The molecule has 100 valence electrons. The van der Waals surface area contributed by atoms with Gasteiger partial charge in [-0.05, 0) is 45.2 Å².